The second-order valence-electron chi connectivity index (χ2n) is 3.69. The molecule has 0 heterocycles. The number of nitrogens with two attached hydrogens (primary N) is 1. The molecule has 0 aliphatic heterocycles. The molecule has 18 heavy (non-hydrogen) atoms. The van der Waals surface area contributed by atoms with Crippen LogP contribution >= 0.6 is 0 Å². The van der Waals surface area contributed by atoms with Crippen molar-refractivity contribution in [1.82, 2.24) is 0 Å². The van der Waals surface area contributed by atoms with Crippen LogP contribution < -0.4 is 5.73 Å². The molecule has 0 spiro atoms. The van der Waals surface area contributed by atoms with E-state index in [1.54, 1.807) is 6.08 Å². The van der Waals surface area contributed by atoms with Gasteiger partial charge in [-0.1, -0.05) is 63.6 Å². The maximum absolute atomic E-state index is 5.83. The van der Waals surface area contributed by atoms with Crippen molar-refractivity contribution >= 4 is 5.57 Å². The Kier molecular flexibility index (Phi) is 14.2. The van der Waals surface area contributed by atoms with Crippen LogP contribution in [0.4, 0.5) is 0 Å². The summed E-state index contributed by atoms with van der Waals surface area (Å²) in [6.07, 6.45) is 3.95. The maximum Gasteiger partial charge on any atom is 0.00874 e. The molecule has 1 nitrogen and oxygen atoms in total. The second kappa shape index (κ2) is 13.6. The summed E-state index contributed by atoms with van der Waals surface area (Å²) in [6.45, 7) is 13.4. The minimum atomic E-state index is 0.938. The average Bonchev–Trinajstić information content (AvgIpc) is 2.40. The van der Waals surface area contributed by atoms with Gasteiger partial charge >= 0.3 is 0 Å². The first-order chi connectivity index (χ1) is 8.67. The molecule has 0 saturated heterocycles. The number of hydrogen-bond acceptors (Lipinski definition) is 1. The Morgan fingerprint density at radius 1 is 1.22 bits per heavy atom. The topological polar surface area (TPSA) is 26.0 Å². The van der Waals surface area contributed by atoms with Gasteiger partial charge in [-0.05, 0) is 31.4 Å². The van der Waals surface area contributed by atoms with Crippen molar-refractivity contribution in [3.05, 3.63) is 54.2 Å². The molecule has 1 aromatic carbocycles. The van der Waals surface area contributed by atoms with Gasteiger partial charge in [0.1, 0.15) is 0 Å². The lowest BCUT2D eigenvalue weighted by Crippen LogP contribution is -1.97. The van der Waals surface area contributed by atoms with Crippen LogP contribution in [0.25, 0.3) is 5.57 Å². The number of benzene rings is 1. The van der Waals surface area contributed by atoms with Crippen molar-refractivity contribution in [3.8, 4) is 0 Å². The van der Waals surface area contributed by atoms with Crippen molar-refractivity contribution in [1.29, 1.82) is 0 Å². The summed E-state index contributed by atoms with van der Waals surface area (Å²) in [5.41, 5.74) is 9.31. The minimum absolute atomic E-state index is 0.938. The van der Waals surface area contributed by atoms with Gasteiger partial charge in [-0.3, -0.25) is 0 Å². The SMILES string of the molecule is C=CC.CC.CCC/C(=C(\C)N)c1ccccc1. The zero-order valence-corrected chi connectivity index (χ0v) is 12.7. The monoisotopic (exact) mass is 247 g/mol. The highest BCUT2D eigenvalue weighted by Crippen LogP contribution is 2.21. The third-order valence-electron chi connectivity index (χ3n) is 2.10. The number of rotatable bonds is 3. The van der Waals surface area contributed by atoms with E-state index in [4.69, 9.17) is 5.73 Å². The van der Waals surface area contributed by atoms with Crippen molar-refractivity contribution in [2.24, 2.45) is 5.73 Å². The molecule has 102 valence electrons. The van der Waals surface area contributed by atoms with Crippen LogP contribution in [0, 0.1) is 0 Å². The van der Waals surface area contributed by atoms with Gasteiger partial charge in [0.15, 0.2) is 0 Å². The van der Waals surface area contributed by atoms with Crippen LogP contribution in [0.2, 0.25) is 0 Å². The molecule has 2 N–H and O–H groups in total. The summed E-state index contributed by atoms with van der Waals surface area (Å²) in [6, 6.07) is 10.4. The van der Waals surface area contributed by atoms with E-state index in [0.717, 1.165) is 18.5 Å². The first kappa shape index (κ1) is 18.9. The fraction of sp³-hybridized carbons (Fsp3) is 0.412. The summed E-state index contributed by atoms with van der Waals surface area (Å²) >= 11 is 0. The van der Waals surface area contributed by atoms with Gasteiger partial charge in [0.25, 0.3) is 0 Å². The summed E-state index contributed by atoms with van der Waals surface area (Å²) in [5, 5.41) is 0. The van der Waals surface area contributed by atoms with Gasteiger partial charge in [0, 0.05) is 5.70 Å². The van der Waals surface area contributed by atoms with Gasteiger partial charge < -0.3 is 5.73 Å². The predicted molar refractivity (Wildman–Crippen MR) is 85.4 cm³/mol. The highest BCUT2D eigenvalue weighted by Gasteiger charge is 2.01. The molecular formula is C17H29N. The Labute approximate surface area is 113 Å². The van der Waals surface area contributed by atoms with Crippen LogP contribution in [-0.4, -0.2) is 0 Å². The summed E-state index contributed by atoms with van der Waals surface area (Å²) in [7, 11) is 0. The van der Waals surface area contributed by atoms with Crippen molar-refractivity contribution in [2.75, 3.05) is 0 Å². The standard InChI is InChI=1S/C12H17N.C3H6.C2H6/c1-3-7-12(10(2)13)11-8-5-4-6-9-11;1-3-2;1-2/h4-6,8-9H,3,7,13H2,1-2H3;3H,1H2,2H3;1-2H3/b12-10-;;. The molecule has 0 aromatic heterocycles. The Hall–Kier alpha value is -1.50. The van der Waals surface area contributed by atoms with Gasteiger partial charge in [0.05, 0.1) is 0 Å². The predicted octanol–water partition coefficient (Wildman–Crippen LogP) is 5.39. The lowest BCUT2D eigenvalue weighted by molar-refractivity contribution is 0.962. The van der Waals surface area contributed by atoms with Crippen LogP contribution in [0.15, 0.2) is 48.7 Å². The average molecular weight is 247 g/mol. The molecule has 0 aliphatic carbocycles. The van der Waals surface area contributed by atoms with Crippen LogP contribution in [0.1, 0.15) is 53.0 Å². The molecule has 1 heteroatoms. The molecular weight excluding hydrogens is 218 g/mol. The lowest BCUT2D eigenvalue weighted by Gasteiger charge is -2.08. The third kappa shape index (κ3) is 8.63. The maximum atomic E-state index is 5.83. The van der Waals surface area contributed by atoms with Crippen LogP contribution in [-0.2, 0) is 0 Å². The zero-order chi connectivity index (χ0) is 14.4. The third-order valence-corrected chi connectivity index (χ3v) is 2.10. The smallest absolute Gasteiger partial charge is 0.00874 e. The fourth-order valence-corrected chi connectivity index (χ4v) is 1.46. The van der Waals surface area contributed by atoms with Crippen LogP contribution in [0.5, 0.6) is 0 Å². The van der Waals surface area contributed by atoms with E-state index in [-0.39, 0.29) is 0 Å². The van der Waals surface area contributed by atoms with E-state index >= 15 is 0 Å². The largest absolute Gasteiger partial charge is 0.402 e. The van der Waals surface area contributed by atoms with Crippen molar-refractivity contribution < 1.29 is 0 Å². The molecule has 0 aliphatic rings. The highest BCUT2D eigenvalue weighted by molar-refractivity contribution is 5.67. The molecule has 0 unspecified atom stereocenters. The summed E-state index contributed by atoms with van der Waals surface area (Å²) in [4.78, 5) is 0. The van der Waals surface area contributed by atoms with E-state index in [2.05, 4.69) is 25.6 Å². The number of hydrogen-bond donors (Lipinski definition) is 1. The number of allylic oxidation sites excluding steroid dienone is 3. The molecule has 0 radical (unpaired) electrons. The molecule has 0 fully saturated rings. The molecule has 1 rings (SSSR count). The van der Waals surface area contributed by atoms with E-state index in [1.165, 1.54) is 11.1 Å². The minimum Gasteiger partial charge on any atom is -0.402 e. The quantitative estimate of drug-likeness (QED) is 0.711. The first-order valence-electron chi connectivity index (χ1n) is 6.75. The van der Waals surface area contributed by atoms with E-state index in [0.29, 0.717) is 0 Å². The lowest BCUT2D eigenvalue weighted by atomic mass is 10.00. The van der Waals surface area contributed by atoms with Gasteiger partial charge in [-0.2, -0.15) is 0 Å². The molecule has 1 aromatic rings. The van der Waals surface area contributed by atoms with E-state index < -0.39 is 0 Å². The second-order valence-corrected chi connectivity index (χ2v) is 3.69. The van der Waals surface area contributed by atoms with Gasteiger partial charge in [0.2, 0.25) is 0 Å². The highest BCUT2D eigenvalue weighted by atomic mass is 14.6. The van der Waals surface area contributed by atoms with E-state index in [1.807, 2.05) is 45.9 Å². The van der Waals surface area contributed by atoms with Crippen LogP contribution in [0.3, 0.4) is 0 Å². The molecule has 0 bridgehead atoms. The van der Waals surface area contributed by atoms with Crippen molar-refractivity contribution in [2.45, 2.75) is 47.5 Å². The molecule has 0 amide bonds. The van der Waals surface area contributed by atoms with Gasteiger partial charge in [-0.25, -0.2) is 0 Å². The van der Waals surface area contributed by atoms with E-state index in [9.17, 15) is 0 Å². The Balaban J connectivity index is 0. The summed E-state index contributed by atoms with van der Waals surface area (Å²) in [5.74, 6) is 0. The zero-order valence-electron chi connectivity index (χ0n) is 12.7. The van der Waals surface area contributed by atoms with Gasteiger partial charge in [-0.15, -0.1) is 6.58 Å². The molecule has 0 atom stereocenters. The first-order valence-corrected chi connectivity index (χ1v) is 6.75. The normalized spacial score (nSPS) is 10.1. The Morgan fingerprint density at radius 2 is 1.67 bits per heavy atom. The summed E-state index contributed by atoms with van der Waals surface area (Å²) < 4.78 is 0. The Morgan fingerprint density at radius 3 is 2.00 bits per heavy atom. The molecule has 0 saturated carbocycles. The fourth-order valence-electron chi connectivity index (χ4n) is 1.46. The Bertz CT molecular complexity index is 319. The van der Waals surface area contributed by atoms with Crippen molar-refractivity contribution in [3.63, 3.8) is 0 Å².